The van der Waals surface area contributed by atoms with Crippen LogP contribution in [0.2, 0.25) is 0 Å². The second kappa shape index (κ2) is 11.3. The van der Waals surface area contributed by atoms with Crippen LogP contribution in [0.25, 0.3) is 0 Å². The number of carbonyl (C=O) groups is 4. The van der Waals surface area contributed by atoms with Gasteiger partial charge in [0.2, 0.25) is 11.5 Å². The highest BCUT2D eigenvalue weighted by atomic mass is 32.2. The van der Waals surface area contributed by atoms with E-state index in [9.17, 15) is 37.3 Å². The predicted molar refractivity (Wildman–Crippen MR) is 131 cm³/mol. The molecule has 0 aromatic carbocycles. The minimum Gasteiger partial charge on any atom is -0.478 e. The van der Waals surface area contributed by atoms with Crippen LogP contribution in [0.15, 0.2) is 16.7 Å². The van der Waals surface area contributed by atoms with Gasteiger partial charge in [-0.15, -0.1) is 16.4 Å². The van der Waals surface area contributed by atoms with Crippen LogP contribution >= 0.6 is 11.3 Å². The van der Waals surface area contributed by atoms with Gasteiger partial charge in [-0.05, 0) is 13.8 Å². The second-order valence-corrected chi connectivity index (χ2v) is 10.6. The molecule has 1 saturated heterocycles. The summed E-state index contributed by atoms with van der Waals surface area (Å²) in [7, 11) is -5.03. The first-order valence-electron chi connectivity index (χ1n) is 10.8. The number of nitrogens with zero attached hydrogens (tertiary/aromatic N) is 6. The third-order valence-corrected chi connectivity index (χ3v) is 6.80. The predicted octanol–water partition coefficient (Wildman–Crippen LogP) is -3.33. The quantitative estimate of drug-likeness (QED) is 0.0612. The van der Waals surface area contributed by atoms with E-state index in [1.807, 2.05) is 0 Å². The summed E-state index contributed by atoms with van der Waals surface area (Å²) in [6.45, 7) is 1.71. The van der Waals surface area contributed by atoms with Crippen LogP contribution in [0.4, 0.5) is 5.13 Å². The van der Waals surface area contributed by atoms with Gasteiger partial charge >= 0.3 is 16.3 Å². The molecule has 3 rings (SSSR count). The van der Waals surface area contributed by atoms with Gasteiger partial charge in [0.25, 0.3) is 11.8 Å². The highest BCUT2D eigenvalue weighted by molar-refractivity contribution is 7.84. The number of hydrogen-bond donors (Lipinski definition) is 6. The number of aromatic nitrogens is 4. The number of rotatable bonds is 12. The minimum atomic E-state index is -5.03. The van der Waals surface area contributed by atoms with E-state index >= 15 is 0 Å². The Morgan fingerprint density at radius 1 is 1.33 bits per heavy atom. The van der Waals surface area contributed by atoms with Gasteiger partial charge in [-0.25, -0.2) is 18.8 Å². The molecule has 39 heavy (non-hydrogen) atoms. The molecule has 3 amide bonds. The summed E-state index contributed by atoms with van der Waals surface area (Å²) in [6, 6.07) is -2.86. The number of carboxylic acid groups (broad SMARTS) is 1. The molecule has 0 bridgehead atoms. The lowest BCUT2D eigenvalue weighted by molar-refractivity contribution is -0.161. The number of thiazole rings is 1. The Labute approximate surface area is 224 Å². The summed E-state index contributed by atoms with van der Waals surface area (Å²) in [4.78, 5) is 57.3. The van der Waals surface area contributed by atoms with Gasteiger partial charge in [-0.1, -0.05) is 10.4 Å². The van der Waals surface area contributed by atoms with Crippen LogP contribution in [-0.2, 0) is 47.4 Å². The lowest BCUT2D eigenvalue weighted by atomic mass is 9.98. The largest absolute Gasteiger partial charge is 0.478 e. The van der Waals surface area contributed by atoms with Crippen LogP contribution in [0, 0.1) is 0 Å². The molecular formula is C18H24N10O9S2. The fourth-order valence-corrected chi connectivity index (χ4v) is 4.53. The SMILES string of the molecule is CC(C)(O/N=C(\C(=O)N[C@@H]1C(=O)N(S(=O)(=O)O)[C@@H]1Cn1cc(CNC(=O)CN)nn1)c1csc(N)n1)C(=O)O. The average Bonchev–Trinajstić information content (AvgIpc) is 3.48. The summed E-state index contributed by atoms with van der Waals surface area (Å²) in [5.41, 5.74) is 8.60. The van der Waals surface area contributed by atoms with Crippen LogP contribution in [0.5, 0.6) is 0 Å². The maximum atomic E-state index is 13.1. The molecule has 2 aromatic heterocycles. The van der Waals surface area contributed by atoms with Gasteiger partial charge in [0, 0.05) is 5.38 Å². The Balaban J connectivity index is 1.84. The van der Waals surface area contributed by atoms with E-state index in [-0.39, 0.29) is 40.5 Å². The normalized spacial score (nSPS) is 17.9. The molecule has 0 spiro atoms. The van der Waals surface area contributed by atoms with Crippen molar-refractivity contribution in [1.82, 2.24) is 34.9 Å². The maximum Gasteiger partial charge on any atom is 0.362 e. The van der Waals surface area contributed by atoms with Crippen molar-refractivity contribution >= 4 is 56.2 Å². The van der Waals surface area contributed by atoms with E-state index < -0.39 is 57.4 Å². The molecule has 1 aliphatic heterocycles. The Morgan fingerprint density at radius 2 is 2.03 bits per heavy atom. The van der Waals surface area contributed by atoms with Gasteiger partial charge in [0.1, 0.15) is 17.4 Å². The third kappa shape index (κ3) is 6.81. The van der Waals surface area contributed by atoms with Gasteiger partial charge in [-0.2, -0.15) is 8.42 Å². The van der Waals surface area contributed by atoms with E-state index in [0.717, 1.165) is 16.0 Å². The van der Waals surface area contributed by atoms with E-state index in [2.05, 4.69) is 31.1 Å². The number of β-lactam (4-membered cyclic amide) rings is 1. The van der Waals surface area contributed by atoms with Gasteiger partial charge in [0.15, 0.2) is 10.8 Å². The van der Waals surface area contributed by atoms with Crippen molar-refractivity contribution in [2.45, 2.75) is 44.6 Å². The fraction of sp³-hybridized carbons (Fsp3) is 0.444. The molecule has 8 N–H and O–H groups in total. The number of nitrogens with one attached hydrogen (secondary N) is 2. The van der Waals surface area contributed by atoms with Gasteiger partial charge in [0.05, 0.1) is 31.9 Å². The first-order valence-corrected chi connectivity index (χ1v) is 13.1. The monoisotopic (exact) mass is 588 g/mol. The fourth-order valence-electron chi connectivity index (χ4n) is 3.11. The third-order valence-electron chi connectivity index (χ3n) is 5.18. The Bertz CT molecular complexity index is 1420. The Morgan fingerprint density at radius 3 is 2.59 bits per heavy atom. The number of nitrogen functional groups attached to an aromatic ring is 1. The number of oxime groups is 1. The van der Waals surface area contributed by atoms with E-state index in [1.165, 1.54) is 25.4 Å². The zero-order valence-electron chi connectivity index (χ0n) is 20.3. The smallest absolute Gasteiger partial charge is 0.362 e. The topological polar surface area (TPSA) is 287 Å². The van der Waals surface area contributed by atoms with Gasteiger partial charge in [-0.3, -0.25) is 18.9 Å². The molecule has 19 nitrogen and oxygen atoms in total. The van der Waals surface area contributed by atoms with Crippen molar-refractivity contribution in [2.24, 2.45) is 10.9 Å². The van der Waals surface area contributed by atoms with E-state index in [1.54, 1.807) is 0 Å². The van der Waals surface area contributed by atoms with Crippen LogP contribution in [0.1, 0.15) is 25.2 Å². The molecule has 0 unspecified atom stereocenters. The van der Waals surface area contributed by atoms with Crippen molar-refractivity contribution in [3.8, 4) is 0 Å². The van der Waals surface area contributed by atoms with Crippen molar-refractivity contribution in [1.29, 1.82) is 0 Å². The summed E-state index contributed by atoms with van der Waals surface area (Å²) in [5.74, 6) is -4.10. The van der Waals surface area contributed by atoms with Gasteiger partial charge < -0.3 is 32.0 Å². The Kier molecular flexibility index (Phi) is 8.48. The lowest BCUT2D eigenvalue weighted by Crippen LogP contribution is -2.73. The molecule has 3 heterocycles. The highest BCUT2D eigenvalue weighted by Crippen LogP contribution is 2.25. The summed E-state index contributed by atoms with van der Waals surface area (Å²) < 4.78 is 34.5. The molecule has 21 heteroatoms. The summed E-state index contributed by atoms with van der Waals surface area (Å²) in [5, 5.41) is 26.6. The molecule has 0 saturated carbocycles. The van der Waals surface area contributed by atoms with Crippen molar-refractivity contribution < 1.29 is 42.1 Å². The van der Waals surface area contributed by atoms with Crippen molar-refractivity contribution in [2.75, 3.05) is 12.3 Å². The molecule has 212 valence electrons. The molecule has 2 aromatic rings. The standard InChI is InChI=1S/C18H24N10O9S2/c1-18(2,16(32)33)37-25-12(9-7-38-17(20)22-9)14(30)23-13-10(28(15(13)31)39(34,35)36)6-27-5-8(24-26-27)4-21-11(29)3-19/h5,7,10,13H,3-4,6,19H2,1-2H3,(H2,20,22)(H,21,29)(H,23,30)(H,32,33)(H,34,35,36)/b25-12-/t10-,13+/m1/s1. The molecule has 2 atom stereocenters. The average molecular weight is 589 g/mol. The van der Waals surface area contributed by atoms with E-state index in [0.29, 0.717) is 0 Å². The number of aliphatic carboxylic acids is 1. The molecule has 1 aliphatic rings. The maximum absolute atomic E-state index is 13.1. The van der Waals surface area contributed by atoms with Crippen LogP contribution in [0.3, 0.4) is 0 Å². The number of amides is 3. The molecule has 0 aliphatic carbocycles. The van der Waals surface area contributed by atoms with Crippen LogP contribution in [-0.4, -0.2) is 96.0 Å². The number of carboxylic acids is 1. The number of nitrogens with two attached hydrogens (primary N) is 2. The first kappa shape index (κ1) is 29.3. The van der Waals surface area contributed by atoms with E-state index in [4.69, 9.17) is 16.3 Å². The summed E-state index contributed by atoms with van der Waals surface area (Å²) >= 11 is 0.939. The summed E-state index contributed by atoms with van der Waals surface area (Å²) in [6.07, 6.45) is 1.34. The zero-order valence-corrected chi connectivity index (χ0v) is 22.0. The number of hydrogen-bond acceptors (Lipinski definition) is 14. The van der Waals surface area contributed by atoms with Crippen molar-refractivity contribution in [3.63, 3.8) is 0 Å². The minimum absolute atomic E-state index is 0.0366. The first-order chi connectivity index (χ1) is 18.1. The Hall–Kier alpha value is -4.21. The molecule has 0 radical (unpaired) electrons. The lowest BCUT2D eigenvalue weighted by Gasteiger charge is -2.43. The number of anilines is 1. The second-order valence-electron chi connectivity index (χ2n) is 8.46. The highest BCUT2D eigenvalue weighted by Gasteiger charge is 2.54. The molecule has 1 fully saturated rings. The molecular weight excluding hydrogens is 564 g/mol. The van der Waals surface area contributed by atoms with Crippen LogP contribution < -0.4 is 22.1 Å². The number of carbonyl (C=O) groups excluding carboxylic acids is 3. The van der Waals surface area contributed by atoms with Crippen molar-refractivity contribution in [3.05, 3.63) is 23.0 Å². The zero-order chi connectivity index (χ0) is 29.1.